The van der Waals surface area contributed by atoms with Gasteiger partial charge in [-0.2, -0.15) is 5.26 Å². The first kappa shape index (κ1) is 16.5. The molecule has 0 fully saturated rings. The van der Waals surface area contributed by atoms with E-state index in [1.807, 2.05) is 6.07 Å². The molecule has 0 saturated heterocycles. The van der Waals surface area contributed by atoms with Crippen LogP contribution in [0.5, 0.6) is 5.75 Å². The zero-order chi connectivity index (χ0) is 15.5. The number of benzene rings is 1. The normalized spacial score (nSPS) is 9.52. The van der Waals surface area contributed by atoms with Crippen LogP contribution in [0.25, 0.3) is 0 Å². The number of carbonyl (C=O) groups is 2. The smallest absolute Gasteiger partial charge is 0.466 e. The number of rotatable bonds is 7. The molecule has 0 radical (unpaired) electrons. The van der Waals surface area contributed by atoms with Gasteiger partial charge >= 0.3 is 12.1 Å². The van der Waals surface area contributed by atoms with Crippen LogP contribution in [-0.4, -0.2) is 25.3 Å². The highest BCUT2D eigenvalue weighted by atomic mass is 16.7. The topological polar surface area (TPSA) is 85.6 Å². The van der Waals surface area contributed by atoms with Gasteiger partial charge in [0.15, 0.2) is 0 Å². The Bertz CT molecular complexity index is 504. The standard InChI is InChI=1S/C15H17NO5/c1-2-14(17)19-9-3-4-10-20-15(18)21-13-7-5-12(11-16)6-8-13/h5-8H,2-4,9-10H2,1H3. The van der Waals surface area contributed by atoms with Crippen molar-refractivity contribution < 1.29 is 23.8 Å². The molecule has 0 aliphatic rings. The van der Waals surface area contributed by atoms with Gasteiger partial charge in [-0.25, -0.2) is 4.79 Å². The van der Waals surface area contributed by atoms with Crippen molar-refractivity contribution >= 4 is 12.1 Å². The van der Waals surface area contributed by atoms with E-state index in [2.05, 4.69) is 0 Å². The van der Waals surface area contributed by atoms with Crippen molar-refractivity contribution in [3.63, 3.8) is 0 Å². The summed E-state index contributed by atoms with van der Waals surface area (Å²) in [6.07, 6.45) is 0.758. The summed E-state index contributed by atoms with van der Waals surface area (Å²) in [5.41, 5.74) is 0.484. The fraction of sp³-hybridized carbons (Fsp3) is 0.400. The maximum absolute atomic E-state index is 11.4. The van der Waals surface area contributed by atoms with E-state index in [4.69, 9.17) is 19.5 Å². The molecule has 0 N–H and O–H groups in total. The minimum absolute atomic E-state index is 0.193. The van der Waals surface area contributed by atoms with E-state index in [0.717, 1.165) is 0 Å². The zero-order valence-corrected chi connectivity index (χ0v) is 11.8. The Labute approximate surface area is 123 Å². The molecule has 0 heterocycles. The van der Waals surface area contributed by atoms with Crippen LogP contribution in [0.3, 0.4) is 0 Å². The highest BCUT2D eigenvalue weighted by molar-refractivity contribution is 5.68. The minimum atomic E-state index is -0.801. The molecule has 0 unspecified atom stereocenters. The number of ether oxygens (including phenoxy) is 3. The van der Waals surface area contributed by atoms with E-state index in [-0.39, 0.29) is 12.6 Å². The Balaban J connectivity index is 2.13. The van der Waals surface area contributed by atoms with Crippen LogP contribution in [0, 0.1) is 11.3 Å². The molecule has 21 heavy (non-hydrogen) atoms. The Morgan fingerprint density at radius 3 is 2.29 bits per heavy atom. The van der Waals surface area contributed by atoms with Crippen LogP contribution in [0.1, 0.15) is 31.7 Å². The van der Waals surface area contributed by atoms with Gasteiger partial charge in [-0.15, -0.1) is 0 Å². The van der Waals surface area contributed by atoms with Crippen LogP contribution in [-0.2, 0) is 14.3 Å². The van der Waals surface area contributed by atoms with Crippen molar-refractivity contribution in [3.05, 3.63) is 29.8 Å². The fourth-order valence-electron chi connectivity index (χ4n) is 1.37. The van der Waals surface area contributed by atoms with E-state index < -0.39 is 6.16 Å². The highest BCUT2D eigenvalue weighted by Gasteiger charge is 2.06. The lowest BCUT2D eigenvalue weighted by Gasteiger charge is -2.06. The first-order valence-electron chi connectivity index (χ1n) is 6.66. The van der Waals surface area contributed by atoms with Gasteiger partial charge in [0.05, 0.1) is 24.8 Å². The van der Waals surface area contributed by atoms with Crippen LogP contribution in [0.2, 0.25) is 0 Å². The van der Waals surface area contributed by atoms with Gasteiger partial charge in [0.25, 0.3) is 0 Å². The first-order chi connectivity index (χ1) is 10.2. The summed E-state index contributed by atoms with van der Waals surface area (Å²) in [7, 11) is 0. The summed E-state index contributed by atoms with van der Waals surface area (Å²) in [5, 5.41) is 8.63. The van der Waals surface area contributed by atoms with Gasteiger partial charge < -0.3 is 14.2 Å². The third kappa shape index (κ3) is 6.97. The van der Waals surface area contributed by atoms with Crippen LogP contribution in [0.15, 0.2) is 24.3 Å². The van der Waals surface area contributed by atoms with Gasteiger partial charge in [0.1, 0.15) is 5.75 Å². The molecule has 0 aromatic heterocycles. The number of nitrogens with zero attached hydrogens (tertiary/aromatic N) is 1. The van der Waals surface area contributed by atoms with Crippen molar-refractivity contribution in [2.45, 2.75) is 26.2 Å². The summed E-state index contributed by atoms with van der Waals surface area (Å²) in [4.78, 5) is 22.2. The largest absolute Gasteiger partial charge is 0.513 e. The SMILES string of the molecule is CCC(=O)OCCCCOC(=O)Oc1ccc(C#N)cc1. The third-order valence-electron chi connectivity index (χ3n) is 2.49. The molecule has 0 amide bonds. The predicted molar refractivity (Wildman–Crippen MR) is 73.6 cm³/mol. The summed E-state index contributed by atoms with van der Waals surface area (Å²) < 4.78 is 14.7. The van der Waals surface area contributed by atoms with Crippen LogP contribution >= 0.6 is 0 Å². The van der Waals surface area contributed by atoms with Crippen molar-refractivity contribution in [1.29, 1.82) is 5.26 Å². The Morgan fingerprint density at radius 1 is 1.10 bits per heavy atom. The molecule has 0 atom stereocenters. The monoisotopic (exact) mass is 291 g/mol. The molecule has 0 aliphatic heterocycles. The lowest BCUT2D eigenvalue weighted by molar-refractivity contribution is -0.143. The van der Waals surface area contributed by atoms with Crippen LogP contribution in [0.4, 0.5) is 4.79 Å². The van der Waals surface area contributed by atoms with E-state index in [1.54, 1.807) is 19.1 Å². The molecule has 6 nitrogen and oxygen atoms in total. The lowest BCUT2D eigenvalue weighted by Crippen LogP contribution is -2.12. The second kappa shape index (κ2) is 9.37. The summed E-state index contributed by atoms with van der Waals surface area (Å²) in [6.45, 7) is 2.24. The van der Waals surface area contributed by atoms with Crippen LogP contribution < -0.4 is 4.74 Å². The molecular weight excluding hydrogens is 274 g/mol. The predicted octanol–water partition coefficient (Wildman–Crippen LogP) is 2.81. The number of unbranched alkanes of at least 4 members (excludes halogenated alkanes) is 1. The number of nitriles is 1. The zero-order valence-electron chi connectivity index (χ0n) is 11.8. The minimum Gasteiger partial charge on any atom is -0.466 e. The molecule has 1 aromatic rings. The van der Waals surface area contributed by atoms with Crippen molar-refractivity contribution in [2.75, 3.05) is 13.2 Å². The molecule has 1 aromatic carbocycles. The van der Waals surface area contributed by atoms with Gasteiger partial charge in [0, 0.05) is 6.42 Å². The molecule has 112 valence electrons. The van der Waals surface area contributed by atoms with Crippen molar-refractivity contribution in [2.24, 2.45) is 0 Å². The van der Waals surface area contributed by atoms with Gasteiger partial charge in [-0.3, -0.25) is 4.79 Å². The second-order valence-electron chi connectivity index (χ2n) is 4.12. The van der Waals surface area contributed by atoms with E-state index in [1.165, 1.54) is 12.1 Å². The maximum atomic E-state index is 11.4. The second-order valence-corrected chi connectivity index (χ2v) is 4.12. The summed E-state index contributed by atoms with van der Waals surface area (Å²) in [6, 6.07) is 8.09. The van der Waals surface area contributed by atoms with E-state index in [9.17, 15) is 9.59 Å². The maximum Gasteiger partial charge on any atom is 0.513 e. The number of hydrogen-bond acceptors (Lipinski definition) is 6. The van der Waals surface area contributed by atoms with Gasteiger partial charge in [0.2, 0.25) is 0 Å². The Hall–Kier alpha value is -2.55. The quantitative estimate of drug-likeness (QED) is 0.436. The molecule has 0 bridgehead atoms. The van der Waals surface area contributed by atoms with Crippen molar-refractivity contribution in [3.8, 4) is 11.8 Å². The first-order valence-corrected chi connectivity index (χ1v) is 6.66. The Morgan fingerprint density at radius 2 is 1.71 bits per heavy atom. The molecule has 0 spiro atoms. The summed E-state index contributed by atoms with van der Waals surface area (Å²) >= 11 is 0. The molecule has 1 rings (SSSR count). The molecule has 6 heteroatoms. The lowest BCUT2D eigenvalue weighted by atomic mass is 10.2. The average molecular weight is 291 g/mol. The highest BCUT2D eigenvalue weighted by Crippen LogP contribution is 2.12. The average Bonchev–Trinajstić information content (AvgIpc) is 2.51. The molecule has 0 saturated carbocycles. The molecule has 0 aliphatic carbocycles. The molecular formula is C15H17NO5. The number of hydrogen-bond donors (Lipinski definition) is 0. The summed E-state index contributed by atoms with van der Waals surface area (Å²) in [5.74, 6) is 0.0759. The third-order valence-corrected chi connectivity index (χ3v) is 2.49. The van der Waals surface area contributed by atoms with Gasteiger partial charge in [-0.05, 0) is 37.1 Å². The van der Waals surface area contributed by atoms with E-state index in [0.29, 0.717) is 37.2 Å². The fourth-order valence-corrected chi connectivity index (χ4v) is 1.37. The van der Waals surface area contributed by atoms with E-state index >= 15 is 0 Å². The number of esters is 1. The Kier molecular flexibility index (Phi) is 7.36. The van der Waals surface area contributed by atoms with Crippen molar-refractivity contribution in [1.82, 2.24) is 0 Å². The number of carbonyl (C=O) groups excluding carboxylic acids is 2. The van der Waals surface area contributed by atoms with Gasteiger partial charge in [-0.1, -0.05) is 6.92 Å².